The van der Waals surface area contributed by atoms with Gasteiger partial charge >= 0.3 is 0 Å². The van der Waals surface area contributed by atoms with Crippen molar-refractivity contribution in [1.82, 2.24) is 4.98 Å². The third-order valence-electron chi connectivity index (χ3n) is 9.56. The minimum atomic E-state index is 0.643. The lowest BCUT2D eigenvalue weighted by Gasteiger charge is -2.26. The lowest BCUT2D eigenvalue weighted by molar-refractivity contribution is 1.33. The number of rotatable bonds is 5. The van der Waals surface area contributed by atoms with E-state index < -0.39 is 0 Å². The molecule has 0 fully saturated rings. The summed E-state index contributed by atoms with van der Waals surface area (Å²) in [4.78, 5) is 4.22. The first-order valence-electron chi connectivity index (χ1n) is 16.2. The number of aromatic nitrogens is 1. The summed E-state index contributed by atoms with van der Waals surface area (Å²) in [6, 6.07) is 58.4. The van der Waals surface area contributed by atoms with Crippen molar-refractivity contribution in [1.29, 1.82) is 5.26 Å². The Bertz CT molecular complexity index is 2500. The Balaban J connectivity index is 1.49. The molecule has 222 valence electrons. The Hall–Kier alpha value is -6.56. The van der Waals surface area contributed by atoms with E-state index in [4.69, 9.17) is 0 Å². The van der Waals surface area contributed by atoms with Crippen LogP contribution in [-0.2, 0) is 0 Å². The van der Waals surface area contributed by atoms with Gasteiger partial charge in [-0.25, -0.2) is 0 Å². The molecule has 9 rings (SSSR count). The summed E-state index contributed by atoms with van der Waals surface area (Å²) in [5.74, 6) is 0. The van der Waals surface area contributed by atoms with Crippen LogP contribution in [0.15, 0.2) is 170 Å². The van der Waals surface area contributed by atoms with Crippen LogP contribution < -0.4 is 0 Å². The van der Waals surface area contributed by atoms with Gasteiger partial charge in [-0.3, -0.25) is 4.98 Å². The Kier molecular flexibility index (Phi) is 6.56. The second-order valence-electron chi connectivity index (χ2n) is 12.2. The van der Waals surface area contributed by atoms with Crippen LogP contribution in [0, 0.1) is 11.3 Å². The molecule has 1 heterocycles. The Labute approximate surface area is 279 Å². The van der Waals surface area contributed by atoms with E-state index in [-0.39, 0.29) is 0 Å². The molecule has 2 nitrogen and oxygen atoms in total. The lowest BCUT2D eigenvalue weighted by Crippen LogP contribution is -1.99. The zero-order valence-electron chi connectivity index (χ0n) is 26.1. The highest BCUT2D eigenvalue weighted by atomic mass is 14.6. The maximum absolute atomic E-state index is 9.74. The summed E-state index contributed by atoms with van der Waals surface area (Å²) in [5.41, 5.74) is 17.2. The number of pyridine rings is 1. The van der Waals surface area contributed by atoms with Gasteiger partial charge in [-0.15, -0.1) is 0 Å². The monoisotopic (exact) mass is 608 g/mol. The van der Waals surface area contributed by atoms with Crippen molar-refractivity contribution in [2.45, 2.75) is 0 Å². The molecule has 0 saturated carbocycles. The normalized spacial score (nSPS) is 11.3. The highest BCUT2D eigenvalue weighted by Crippen LogP contribution is 2.60. The van der Waals surface area contributed by atoms with Crippen LogP contribution in [0.25, 0.3) is 88.7 Å². The minimum absolute atomic E-state index is 0.643. The molecule has 0 radical (unpaired) electrons. The number of hydrogen-bond acceptors (Lipinski definition) is 2. The molecule has 0 saturated heterocycles. The van der Waals surface area contributed by atoms with E-state index >= 15 is 0 Å². The molecule has 0 aliphatic heterocycles. The molecule has 1 aromatic heterocycles. The van der Waals surface area contributed by atoms with E-state index in [9.17, 15) is 5.26 Å². The van der Waals surface area contributed by atoms with Crippen LogP contribution in [0.1, 0.15) is 5.56 Å². The average molecular weight is 609 g/mol. The van der Waals surface area contributed by atoms with Crippen molar-refractivity contribution in [2.75, 3.05) is 0 Å². The van der Waals surface area contributed by atoms with Crippen molar-refractivity contribution in [2.24, 2.45) is 0 Å². The highest BCUT2D eigenvalue weighted by molar-refractivity contribution is 6.25. The van der Waals surface area contributed by atoms with Gasteiger partial charge in [-0.05, 0) is 113 Å². The molecule has 0 atom stereocenters. The molecule has 2 heteroatoms. The fourth-order valence-corrected chi connectivity index (χ4v) is 7.50. The Morgan fingerprint density at radius 3 is 1.27 bits per heavy atom. The van der Waals surface area contributed by atoms with Crippen molar-refractivity contribution >= 4 is 10.8 Å². The van der Waals surface area contributed by atoms with Crippen LogP contribution in [0.3, 0.4) is 0 Å². The van der Waals surface area contributed by atoms with Gasteiger partial charge in [-0.1, -0.05) is 133 Å². The second kappa shape index (κ2) is 11.4. The molecule has 0 unspecified atom stereocenters. The fourth-order valence-electron chi connectivity index (χ4n) is 7.50. The smallest absolute Gasteiger partial charge is 0.0991 e. The molecule has 1 aliphatic rings. The van der Waals surface area contributed by atoms with E-state index in [0.717, 1.165) is 33.4 Å². The van der Waals surface area contributed by atoms with Gasteiger partial charge in [0.1, 0.15) is 0 Å². The van der Waals surface area contributed by atoms with Crippen LogP contribution in [0.5, 0.6) is 0 Å². The first kappa shape index (κ1) is 27.7. The molecule has 48 heavy (non-hydrogen) atoms. The summed E-state index contributed by atoms with van der Waals surface area (Å²) >= 11 is 0. The van der Waals surface area contributed by atoms with Gasteiger partial charge in [-0.2, -0.15) is 5.26 Å². The van der Waals surface area contributed by atoms with Gasteiger partial charge in [0.25, 0.3) is 0 Å². The van der Waals surface area contributed by atoms with E-state index in [1.807, 2.05) is 36.7 Å². The molecule has 0 bridgehead atoms. The lowest BCUT2D eigenvalue weighted by atomic mass is 9.76. The van der Waals surface area contributed by atoms with E-state index in [2.05, 4.69) is 145 Å². The largest absolute Gasteiger partial charge is 0.265 e. The molecule has 7 aromatic carbocycles. The van der Waals surface area contributed by atoms with Crippen LogP contribution >= 0.6 is 0 Å². The number of nitrogens with zero attached hydrogens (tertiary/aromatic N) is 2. The summed E-state index contributed by atoms with van der Waals surface area (Å²) in [5, 5.41) is 12.3. The average Bonchev–Trinajstić information content (AvgIpc) is 3.50. The summed E-state index contributed by atoms with van der Waals surface area (Å²) < 4.78 is 0. The minimum Gasteiger partial charge on any atom is -0.265 e. The summed E-state index contributed by atoms with van der Waals surface area (Å²) in [6.07, 6.45) is 3.68. The zero-order valence-corrected chi connectivity index (χ0v) is 26.1. The molecular formula is C46H28N2. The topological polar surface area (TPSA) is 36.7 Å². The zero-order chi connectivity index (χ0) is 32.0. The maximum Gasteiger partial charge on any atom is 0.0991 e. The van der Waals surface area contributed by atoms with Gasteiger partial charge in [0.15, 0.2) is 0 Å². The highest BCUT2D eigenvalue weighted by Gasteiger charge is 2.33. The van der Waals surface area contributed by atoms with E-state index in [1.54, 1.807) is 0 Å². The van der Waals surface area contributed by atoms with Crippen LogP contribution in [0.4, 0.5) is 0 Å². The van der Waals surface area contributed by atoms with E-state index in [1.165, 1.54) is 55.3 Å². The standard InChI is InChI=1S/C46H28N2/c47-29-30-17-19-36(20-18-30)41-42(37-23-21-31(22-24-37)32-25-27-48-28-26-32)44(35-11-5-2-6-12-35)46-39-16-8-14-33-13-7-15-38(40(33)39)45(46)43(41)34-9-3-1-4-10-34/h1-28H. The molecular weight excluding hydrogens is 581 g/mol. The number of nitriles is 1. The molecule has 0 amide bonds. The first-order chi connectivity index (χ1) is 23.8. The van der Waals surface area contributed by atoms with Crippen molar-refractivity contribution < 1.29 is 0 Å². The third kappa shape index (κ3) is 4.37. The quantitative estimate of drug-likeness (QED) is 0.195. The summed E-state index contributed by atoms with van der Waals surface area (Å²) in [7, 11) is 0. The van der Waals surface area contributed by atoms with Gasteiger partial charge in [0.2, 0.25) is 0 Å². The summed E-state index contributed by atoms with van der Waals surface area (Å²) in [6.45, 7) is 0. The van der Waals surface area contributed by atoms with Crippen LogP contribution in [-0.4, -0.2) is 4.98 Å². The fraction of sp³-hybridized carbons (Fsp3) is 0. The van der Waals surface area contributed by atoms with Crippen LogP contribution in [0.2, 0.25) is 0 Å². The molecule has 0 N–H and O–H groups in total. The van der Waals surface area contributed by atoms with Gasteiger partial charge in [0, 0.05) is 12.4 Å². The van der Waals surface area contributed by atoms with Crippen molar-refractivity contribution in [3.8, 4) is 84.0 Å². The Morgan fingerprint density at radius 2 is 0.771 bits per heavy atom. The number of benzene rings is 7. The third-order valence-corrected chi connectivity index (χ3v) is 9.56. The first-order valence-corrected chi connectivity index (χ1v) is 16.2. The SMILES string of the molecule is N#Cc1ccc(-c2c(-c3ccc(-c4ccncc4)cc3)c(-c3ccccc3)c3c(c2-c2ccccc2)-c2cccc4cccc-3c24)cc1. The molecule has 0 spiro atoms. The van der Waals surface area contributed by atoms with Gasteiger partial charge in [0.05, 0.1) is 11.6 Å². The predicted molar refractivity (Wildman–Crippen MR) is 198 cm³/mol. The molecule has 8 aromatic rings. The van der Waals surface area contributed by atoms with E-state index in [0.29, 0.717) is 5.56 Å². The number of fused-ring (bicyclic) bond motifs is 3. The van der Waals surface area contributed by atoms with Crippen molar-refractivity contribution in [3.05, 3.63) is 176 Å². The van der Waals surface area contributed by atoms with Gasteiger partial charge < -0.3 is 0 Å². The van der Waals surface area contributed by atoms with Crippen molar-refractivity contribution in [3.63, 3.8) is 0 Å². The predicted octanol–water partition coefficient (Wildman–Crippen LogP) is 12.1. The second-order valence-corrected chi connectivity index (χ2v) is 12.2. The maximum atomic E-state index is 9.74. The molecule has 1 aliphatic carbocycles. The number of hydrogen-bond donors (Lipinski definition) is 0. The Morgan fingerprint density at radius 1 is 0.354 bits per heavy atom.